The number of benzene rings is 3. The average molecular weight is 477 g/mol. The zero-order valence-corrected chi connectivity index (χ0v) is 19.5. The van der Waals surface area contributed by atoms with Crippen LogP contribution in [0.4, 0.5) is 0 Å². The first-order chi connectivity index (χ1) is 16.1. The van der Waals surface area contributed by atoms with Gasteiger partial charge in [0.2, 0.25) is 10.0 Å². The van der Waals surface area contributed by atoms with Crippen LogP contribution in [0, 0.1) is 0 Å². The fourth-order valence-corrected chi connectivity index (χ4v) is 5.95. The molecule has 1 N–H and O–H groups in total. The Balaban J connectivity index is 1.46. The van der Waals surface area contributed by atoms with Crippen LogP contribution in [0.2, 0.25) is 0 Å². The van der Waals surface area contributed by atoms with Crippen LogP contribution in [-0.2, 0) is 10.0 Å². The van der Waals surface area contributed by atoms with Crippen LogP contribution in [0.1, 0.15) is 35.4 Å². The van der Waals surface area contributed by atoms with Gasteiger partial charge in [-0.25, -0.2) is 13.1 Å². The van der Waals surface area contributed by atoms with Crippen molar-refractivity contribution in [3.8, 4) is 5.69 Å². The maximum Gasteiger partial charge on any atom is 0.240 e. The highest BCUT2D eigenvalue weighted by atomic mass is 32.2. The SMILES string of the molecule is O=S(=O)(NC[C@@H](Sc1nnc(C2CC2)n1-c1ccccc1)c1ccccc1)c1ccccc1. The first-order valence-corrected chi connectivity index (χ1v) is 13.2. The third kappa shape index (κ3) is 5.03. The Morgan fingerprint density at radius 3 is 2.12 bits per heavy atom. The second-order valence-electron chi connectivity index (χ2n) is 7.97. The molecule has 1 fully saturated rings. The molecule has 1 aliphatic carbocycles. The Bertz CT molecular complexity index is 1310. The number of nitrogens with one attached hydrogen (secondary N) is 1. The molecule has 1 aromatic heterocycles. The first-order valence-electron chi connectivity index (χ1n) is 10.9. The van der Waals surface area contributed by atoms with Crippen LogP contribution < -0.4 is 4.72 Å². The summed E-state index contributed by atoms with van der Waals surface area (Å²) in [5.41, 5.74) is 2.04. The van der Waals surface area contributed by atoms with E-state index < -0.39 is 10.0 Å². The molecule has 33 heavy (non-hydrogen) atoms. The molecule has 5 rings (SSSR count). The van der Waals surface area contributed by atoms with Crippen molar-refractivity contribution in [2.45, 2.75) is 34.1 Å². The van der Waals surface area contributed by atoms with Crippen LogP contribution in [0.5, 0.6) is 0 Å². The summed E-state index contributed by atoms with van der Waals surface area (Å²) in [5.74, 6) is 1.40. The van der Waals surface area contributed by atoms with Crippen LogP contribution >= 0.6 is 11.8 Å². The predicted molar refractivity (Wildman–Crippen MR) is 130 cm³/mol. The van der Waals surface area contributed by atoms with Crippen molar-refractivity contribution in [1.82, 2.24) is 19.5 Å². The van der Waals surface area contributed by atoms with E-state index in [2.05, 4.69) is 31.6 Å². The van der Waals surface area contributed by atoms with Gasteiger partial charge in [-0.05, 0) is 42.7 Å². The smallest absolute Gasteiger partial charge is 0.240 e. The first kappa shape index (κ1) is 21.9. The van der Waals surface area contributed by atoms with Crippen molar-refractivity contribution in [1.29, 1.82) is 0 Å². The number of rotatable bonds is 9. The third-order valence-corrected chi connectivity index (χ3v) is 8.18. The molecule has 1 saturated carbocycles. The number of aromatic nitrogens is 3. The van der Waals surface area contributed by atoms with E-state index in [0.29, 0.717) is 5.92 Å². The van der Waals surface area contributed by atoms with E-state index >= 15 is 0 Å². The topological polar surface area (TPSA) is 76.9 Å². The van der Waals surface area contributed by atoms with Gasteiger partial charge in [-0.15, -0.1) is 10.2 Å². The van der Waals surface area contributed by atoms with Gasteiger partial charge in [0.25, 0.3) is 0 Å². The molecule has 0 radical (unpaired) electrons. The van der Waals surface area contributed by atoms with Crippen molar-refractivity contribution in [3.63, 3.8) is 0 Å². The predicted octanol–water partition coefficient (Wildman–Crippen LogP) is 4.96. The largest absolute Gasteiger partial charge is 0.274 e. The van der Waals surface area contributed by atoms with Gasteiger partial charge in [0.15, 0.2) is 5.16 Å². The van der Waals surface area contributed by atoms with Crippen LogP contribution in [0.3, 0.4) is 0 Å². The summed E-state index contributed by atoms with van der Waals surface area (Å²) in [6, 6.07) is 28.4. The van der Waals surface area contributed by atoms with E-state index in [-0.39, 0.29) is 16.7 Å². The van der Waals surface area contributed by atoms with Gasteiger partial charge in [-0.1, -0.05) is 78.5 Å². The van der Waals surface area contributed by atoms with E-state index in [4.69, 9.17) is 0 Å². The average Bonchev–Trinajstić information content (AvgIpc) is 3.63. The molecule has 0 spiro atoms. The van der Waals surface area contributed by atoms with Crippen LogP contribution in [0.15, 0.2) is 101 Å². The lowest BCUT2D eigenvalue weighted by Gasteiger charge is -2.18. The van der Waals surface area contributed by atoms with Gasteiger partial charge >= 0.3 is 0 Å². The second-order valence-corrected chi connectivity index (χ2v) is 10.9. The Hall–Kier alpha value is -2.94. The summed E-state index contributed by atoms with van der Waals surface area (Å²) < 4.78 is 30.6. The Morgan fingerprint density at radius 1 is 0.879 bits per heavy atom. The number of thioether (sulfide) groups is 1. The number of hydrogen-bond donors (Lipinski definition) is 1. The van der Waals surface area contributed by atoms with E-state index in [0.717, 1.165) is 35.1 Å². The second kappa shape index (κ2) is 9.51. The fourth-order valence-electron chi connectivity index (χ4n) is 3.67. The summed E-state index contributed by atoms with van der Waals surface area (Å²) in [7, 11) is -3.62. The monoisotopic (exact) mass is 476 g/mol. The van der Waals surface area contributed by atoms with E-state index in [1.165, 1.54) is 11.8 Å². The van der Waals surface area contributed by atoms with Crippen molar-refractivity contribution < 1.29 is 8.42 Å². The zero-order chi connectivity index (χ0) is 22.7. The molecule has 1 heterocycles. The minimum absolute atomic E-state index is 0.177. The van der Waals surface area contributed by atoms with Crippen molar-refractivity contribution >= 4 is 21.8 Å². The Morgan fingerprint density at radius 2 is 1.48 bits per heavy atom. The van der Waals surface area contributed by atoms with Gasteiger partial charge in [0, 0.05) is 18.2 Å². The van der Waals surface area contributed by atoms with Gasteiger partial charge in [0.1, 0.15) is 5.82 Å². The fraction of sp³-hybridized carbons (Fsp3) is 0.200. The van der Waals surface area contributed by atoms with E-state index in [9.17, 15) is 8.42 Å². The number of para-hydroxylation sites is 1. The maximum atomic E-state index is 12.9. The molecular weight excluding hydrogens is 452 g/mol. The molecule has 4 aromatic rings. The highest BCUT2D eigenvalue weighted by Crippen LogP contribution is 2.43. The maximum absolute atomic E-state index is 12.9. The highest BCUT2D eigenvalue weighted by molar-refractivity contribution is 7.99. The normalized spacial score (nSPS) is 14.8. The molecule has 3 aromatic carbocycles. The van der Waals surface area contributed by atoms with Gasteiger partial charge in [-0.3, -0.25) is 4.57 Å². The molecule has 0 aliphatic heterocycles. The quantitative estimate of drug-likeness (QED) is 0.346. The molecule has 0 saturated heterocycles. The molecule has 1 atom stereocenters. The number of sulfonamides is 1. The molecule has 6 nitrogen and oxygen atoms in total. The molecule has 0 unspecified atom stereocenters. The van der Waals surface area contributed by atoms with Crippen LogP contribution in [0.25, 0.3) is 5.69 Å². The van der Waals surface area contributed by atoms with E-state index in [1.54, 1.807) is 30.3 Å². The molecular formula is C25H24N4O2S2. The van der Waals surface area contributed by atoms with Crippen molar-refractivity contribution in [2.75, 3.05) is 6.54 Å². The lowest BCUT2D eigenvalue weighted by molar-refractivity contribution is 0.581. The molecule has 0 amide bonds. The summed E-state index contributed by atoms with van der Waals surface area (Å²) in [6.07, 6.45) is 2.24. The molecule has 168 valence electrons. The lowest BCUT2D eigenvalue weighted by atomic mass is 10.1. The van der Waals surface area contributed by atoms with Gasteiger partial charge in [0.05, 0.1) is 10.1 Å². The Labute approximate surface area is 198 Å². The van der Waals surface area contributed by atoms with Gasteiger partial charge < -0.3 is 0 Å². The molecule has 1 aliphatic rings. The highest BCUT2D eigenvalue weighted by Gasteiger charge is 2.32. The van der Waals surface area contributed by atoms with Crippen molar-refractivity contribution in [2.24, 2.45) is 0 Å². The summed E-state index contributed by atoms with van der Waals surface area (Å²) >= 11 is 1.53. The zero-order valence-electron chi connectivity index (χ0n) is 17.9. The molecule has 8 heteroatoms. The van der Waals surface area contributed by atoms with Crippen molar-refractivity contribution in [3.05, 3.63) is 102 Å². The standard InChI is InChI=1S/C25H24N4O2S2/c30-33(31,22-14-8-3-9-15-22)26-18-23(19-10-4-1-5-11-19)32-25-28-27-24(20-16-17-20)29(25)21-12-6-2-7-13-21/h1-15,20,23,26H,16-18H2/t23-/m1/s1. The summed E-state index contributed by atoms with van der Waals surface area (Å²) in [5, 5.41) is 9.61. The molecule has 0 bridgehead atoms. The van der Waals surface area contributed by atoms with Crippen LogP contribution in [-0.4, -0.2) is 29.7 Å². The third-order valence-electron chi connectivity index (χ3n) is 5.55. The Kier molecular flexibility index (Phi) is 6.30. The lowest BCUT2D eigenvalue weighted by Crippen LogP contribution is -2.27. The summed E-state index contributed by atoms with van der Waals surface area (Å²) in [4.78, 5) is 0.255. The number of hydrogen-bond acceptors (Lipinski definition) is 5. The summed E-state index contributed by atoms with van der Waals surface area (Å²) in [6.45, 7) is 0.228. The van der Waals surface area contributed by atoms with Gasteiger partial charge in [-0.2, -0.15) is 0 Å². The minimum atomic E-state index is -3.62. The number of nitrogens with zero attached hydrogens (tertiary/aromatic N) is 3. The minimum Gasteiger partial charge on any atom is -0.274 e. The van der Waals surface area contributed by atoms with E-state index in [1.807, 2.05) is 48.5 Å².